The molecule has 0 spiro atoms. The SMILES string of the molecule is CCOCC(=O)N1CCC(C(=O)NCc2n[nH]c3c2CCCCC3)CC1. The van der Waals surface area contributed by atoms with Crippen molar-refractivity contribution in [3.05, 3.63) is 17.0 Å². The summed E-state index contributed by atoms with van der Waals surface area (Å²) in [6.07, 6.45) is 7.20. The van der Waals surface area contributed by atoms with E-state index in [-0.39, 0.29) is 24.3 Å². The average molecular weight is 362 g/mol. The lowest BCUT2D eigenvalue weighted by molar-refractivity contribution is -0.139. The quantitative estimate of drug-likeness (QED) is 0.752. The van der Waals surface area contributed by atoms with Gasteiger partial charge in [0.25, 0.3) is 0 Å². The molecule has 3 rings (SSSR count). The van der Waals surface area contributed by atoms with Crippen LogP contribution in [0.5, 0.6) is 0 Å². The van der Waals surface area contributed by atoms with Crippen molar-refractivity contribution in [3.63, 3.8) is 0 Å². The number of nitrogens with one attached hydrogen (secondary N) is 2. The minimum Gasteiger partial charge on any atom is -0.372 e. The first kappa shape index (κ1) is 18.9. The summed E-state index contributed by atoms with van der Waals surface area (Å²) in [5.41, 5.74) is 3.53. The maximum atomic E-state index is 12.5. The number of carbonyl (C=O) groups excluding carboxylic acids is 2. The molecule has 1 aliphatic heterocycles. The molecule has 1 aromatic heterocycles. The van der Waals surface area contributed by atoms with Crippen LogP contribution in [0.2, 0.25) is 0 Å². The molecule has 1 fully saturated rings. The molecule has 0 radical (unpaired) electrons. The van der Waals surface area contributed by atoms with E-state index in [0.717, 1.165) is 18.5 Å². The van der Waals surface area contributed by atoms with Crippen molar-refractivity contribution in [2.45, 2.75) is 58.4 Å². The molecule has 1 aromatic rings. The Morgan fingerprint density at radius 2 is 2.00 bits per heavy atom. The first-order valence-electron chi connectivity index (χ1n) is 9.87. The Hall–Kier alpha value is -1.89. The molecular formula is C19H30N4O3. The van der Waals surface area contributed by atoms with Crippen LogP contribution in [0.4, 0.5) is 0 Å². The van der Waals surface area contributed by atoms with Crippen LogP contribution in [0.1, 0.15) is 56.0 Å². The van der Waals surface area contributed by atoms with Crippen LogP contribution in [0.15, 0.2) is 0 Å². The molecule has 7 nitrogen and oxygen atoms in total. The highest BCUT2D eigenvalue weighted by molar-refractivity contribution is 5.80. The van der Waals surface area contributed by atoms with E-state index in [4.69, 9.17) is 4.74 Å². The molecule has 0 aromatic carbocycles. The van der Waals surface area contributed by atoms with Crippen LogP contribution in [0, 0.1) is 5.92 Å². The first-order chi connectivity index (χ1) is 12.7. The maximum absolute atomic E-state index is 12.5. The van der Waals surface area contributed by atoms with Crippen molar-refractivity contribution in [1.82, 2.24) is 20.4 Å². The van der Waals surface area contributed by atoms with Gasteiger partial charge in [0.1, 0.15) is 6.61 Å². The highest BCUT2D eigenvalue weighted by Gasteiger charge is 2.27. The number of hydrogen-bond acceptors (Lipinski definition) is 4. The van der Waals surface area contributed by atoms with Gasteiger partial charge >= 0.3 is 0 Å². The third-order valence-electron chi connectivity index (χ3n) is 5.47. The largest absolute Gasteiger partial charge is 0.372 e. The van der Waals surface area contributed by atoms with Gasteiger partial charge in [-0.2, -0.15) is 5.10 Å². The lowest BCUT2D eigenvalue weighted by atomic mass is 9.95. The number of carbonyl (C=O) groups is 2. The normalized spacial score (nSPS) is 18.3. The molecule has 2 N–H and O–H groups in total. The third-order valence-corrected chi connectivity index (χ3v) is 5.47. The lowest BCUT2D eigenvalue weighted by Gasteiger charge is -2.31. The number of hydrogen-bond donors (Lipinski definition) is 2. The summed E-state index contributed by atoms with van der Waals surface area (Å²) in [7, 11) is 0. The van der Waals surface area contributed by atoms with E-state index < -0.39 is 0 Å². The van der Waals surface area contributed by atoms with Gasteiger partial charge < -0.3 is 15.0 Å². The molecule has 0 saturated carbocycles. The monoisotopic (exact) mass is 362 g/mol. The van der Waals surface area contributed by atoms with Crippen molar-refractivity contribution in [3.8, 4) is 0 Å². The average Bonchev–Trinajstić information content (AvgIpc) is 2.90. The summed E-state index contributed by atoms with van der Waals surface area (Å²) in [5.74, 6) is 0.0703. The number of aromatic nitrogens is 2. The smallest absolute Gasteiger partial charge is 0.248 e. The zero-order chi connectivity index (χ0) is 18.4. The van der Waals surface area contributed by atoms with Crippen LogP contribution in [-0.4, -0.2) is 53.2 Å². The fourth-order valence-electron chi connectivity index (χ4n) is 3.86. The standard InChI is InChI=1S/C19H30N4O3/c1-2-26-13-18(24)23-10-8-14(9-11-23)19(25)20-12-17-15-6-4-3-5-7-16(15)21-22-17/h14H,2-13H2,1H3,(H,20,25)(H,21,22). The van der Waals surface area contributed by atoms with Crippen LogP contribution in [0.25, 0.3) is 0 Å². The van der Waals surface area contributed by atoms with Crippen molar-refractivity contribution in [2.24, 2.45) is 5.92 Å². The number of piperidine rings is 1. The van der Waals surface area contributed by atoms with E-state index in [1.165, 1.54) is 30.5 Å². The summed E-state index contributed by atoms with van der Waals surface area (Å²) < 4.78 is 5.18. The fraction of sp³-hybridized carbons (Fsp3) is 0.737. The molecule has 0 bridgehead atoms. The summed E-state index contributed by atoms with van der Waals surface area (Å²) in [6, 6.07) is 0. The second kappa shape index (κ2) is 9.16. The highest BCUT2D eigenvalue weighted by Crippen LogP contribution is 2.22. The summed E-state index contributed by atoms with van der Waals surface area (Å²) in [5, 5.41) is 10.6. The predicted molar refractivity (Wildman–Crippen MR) is 97.5 cm³/mol. The molecule has 2 heterocycles. The highest BCUT2D eigenvalue weighted by atomic mass is 16.5. The molecule has 144 valence electrons. The van der Waals surface area contributed by atoms with Crippen molar-refractivity contribution >= 4 is 11.8 Å². The Bertz CT molecular complexity index is 620. The third kappa shape index (κ3) is 4.63. The zero-order valence-electron chi connectivity index (χ0n) is 15.7. The fourth-order valence-corrected chi connectivity index (χ4v) is 3.86. The Kier molecular flexibility index (Phi) is 6.66. The Morgan fingerprint density at radius 1 is 1.23 bits per heavy atom. The molecule has 0 atom stereocenters. The van der Waals surface area contributed by atoms with Gasteiger partial charge in [-0.25, -0.2) is 0 Å². The predicted octanol–water partition coefficient (Wildman–Crippen LogP) is 1.57. The van der Waals surface area contributed by atoms with Crippen LogP contribution in [-0.2, 0) is 33.7 Å². The van der Waals surface area contributed by atoms with E-state index in [9.17, 15) is 9.59 Å². The number of aromatic amines is 1. The molecule has 1 saturated heterocycles. The molecular weight excluding hydrogens is 332 g/mol. The number of fused-ring (bicyclic) bond motifs is 1. The van der Waals surface area contributed by atoms with Gasteiger partial charge in [-0.1, -0.05) is 6.42 Å². The van der Waals surface area contributed by atoms with Gasteiger partial charge in [0, 0.05) is 31.3 Å². The molecule has 2 aliphatic rings. The summed E-state index contributed by atoms with van der Waals surface area (Å²) in [4.78, 5) is 26.3. The number of ether oxygens (including phenoxy) is 1. The minimum atomic E-state index is -0.0244. The maximum Gasteiger partial charge on any atom is 0.248 e. The van der Waals surface area contributed by atoms with Gasteiger partial charge in [0.2, 0.25) is 11.8 Å². The van der Waals surface area contributed by atoms with E-state index >= 15 is 0 Å². The van der Waals surface area contributed by atoms with E-state index in [0.29, 0.717) is 39.1 Å². The number of amides is 2. The van der Waals surface area contributed by atoms with Crippen molar-refractivity contribution in [1.29, 1.82) is 0 Å². The van der Waals surface area contributed by atoms with Crippen LogP contribution < -0.4 is 5.32 Å². The number of aryl methyl sites for hydroxylation is 1. The van der Waals surface area contributed by atoms with E-state index in [2.05, 4.69) is 15.5 Å². The minimum absolute atomic E-state index is 0.0184. The summed E-state index contributed by atoms with van der Waals surface area (Å²) in [6.45, 7) is 4.30. The lowest BCUT2D eigenvalue weighted by Crippen LogP contribution is -2.44. The Balaban J connectivity index is 1.45. The molecule has 26 heavy (non-hydrogen) atoms. The Labute approximate surface area is 154 Å². The van der Waals surface area contributed by atoms with Gasteiger partial charge in [0.05, 0.1) is 12.2 Å². The van der Waals surface area contributed by atoms with Crippen LogP contribution >= 0.6 is 0 Å². The van der Waals surface area contributed by atoms with Crippen LogP contribution in [0.3, 0.4) is 0 Å². The molecule has 2 amide bonds. The van der Waals surface area contributed by atoms with Gasteiger partial charge in [-0.15, -0.1) is 0 Å². The molecule has 1 aliphatic carbocycles. The van der Waals surface area contributed by atoms with Gasteiger partial charge in [-0.3, -0.25) is 14.7 Å². The first-order valence-corrected chi connectivity index (χ1v) is 9.87. The Morgan fingerprint density at radius 3 is 2.77 bits per heavy atom. The molecule has 0 unspecified atom stereocenters. The zero-order valence-corrected chi connectivity index (χ0v) is 15.7. The second-order valence-electron chi connectivity index (χ2n) is 7.20. The second-order valence-corrected chi connectivity index (χ2v) is 7.20. The van der Waals surface area contributed by atoms with E-state index in [1.54, 1.807) is 4.90 Å². The number of nitrogens with zero attached hydrogens (tertiary/aromatic N) is 2. The number of rotatable bonds is 6. The number of H-pyrrole nitrogens is 1. The topological polar surface area (TPSA) is 87.3 Å². The van der Waals surface area contributed by atoms with Crippen molar-refractivity contribution in [2.75, 3.05) is 26.3 Å². The van der Waals surface area contributed by atoms with E-state index in [1.807, 2.05) is 6.92 Å². The van der Waals surface area contributed by atoms with Gasteiger partial charge in [-0.05, 0) is 51.0 Å². The van der Waals surface area contributed by atoms with Gasteiger partial charge in [0.15, 0.2) is 0 Å². The summed E-state index contributed by atoms with van der Waals surface area (Å²) >= 11 is 0. The molecule has 7 heteroatoms. The van der Waals surface area contributed by atoms with Crippen molar-refractivity contribution < 1.29 is 14.3 Å². The number of likely N-dealkylation sites (tertiary alicyclic amines) is 1.